The molecule has 4 heteroatoms. The van der Waals surface area contributed by atoms with E-state index < -0.39 is 12.1 Å². The Morgan fingerprint density at radius 2 is 0.820 bits per heavy atom. The van der Waals surface area contributed by atoms with Gasteiger partial charge in [0, 0.05) is 6.42 Å². The molecule has 50 heavy (non-hydrogen) atoms. The predicted octanol–water partition coefficient (Wildman–Crippen LogP) is 13.8. The summed E-state index contributed by atoms with van der Waals surface area (Å²) in [6.45, 7) is 4.20. The Morgan fingerprint density at radius 3 is 1.24 bits per heavy atom. The summed E-state index contributed by atoms with van der Waals surface area (Å²) in [5.41, 5.74) is 0. The van der Waals surface area contributed by atoms with E-state index >= 15 is 0 Å². The summed E-state index contributed by atoms with van der Waals surface area (Å²) in [5, 5.41) is 22.7. The topological polar surface area (TPSA) is 69.6 Å². The molecular formula is C46H87NO3. The van der Waals surface area contributed by atoms with Crippen LogP contribution in [0.25, 0.3) is 0 Å². The highest BCUT2D eigenvalue weighted by atomic mass is 16.3. The van der Waals surface area contributed by atoms with Crippen LogP contribution in [0.5, 0.6) is 0 Å². The minimum Gasteiger partial charge on any atom is -0.394 e. The monoisotopic (exact) mass is 702 g/mol. The molecule has 0 saturated carbocycles. The van der Waals surface area contributed by atoms with Gasteiger partial charge in [0.25, 0.3) is 0 Å². The number of aliphatic hydroxyl groups is 2. The number of hydrogen-bond donors (Lipinski definition) is 3. The van der Waals surface area contributed by atoms with E-state index in [1.54, 1.807) is 6.08 Å². The second kappa shape index (κ2) is 42.0. The van der Waals surface area contributed by atoms with Crippen LogP contribution in [0.1, 0.15) is 232 Å². The highest BCUT2D eigenvalue weighted by molar-refractivity contribution is 5.76. The number of unbranched alkanes of at least 4 members (excludes halogenated alkanes) is 29. The van der Waals surface area contributed by atoms with E-state index in [-0.39, 0.29) is 12.5 Å². The maximum absolute atomic E-state index is 12.3. The maximum Gasteiger partial charge on any atom is 0.220 e. The molecule has 2 atom stereocenters. The smallest absolute Gasteiger partial charge is 0.220 e. The van der Waals surface area contributed by atoms with Gasteiger partial charge < -0.3 is 15.5 Å². The Hall–Kier alpha value is -1.39. The Labute approximate surface area is 312 Å². The van der Waals surface area contributed by atoms with Crippen LogP contribution >= 0.6 is 0 Å². The molecule has 0 radical (unpaired) electrons. The first-order valence-corrected chi connectivity index (χ1v) is 22.2. The molecule has 3 N–H and O–H groups in total. The third-order valence-corrected chi connectivity index (χ3v) is 10.1. The van der Waals surface area contributed by atoms with Gasteiger partial charge in [-0.1, -0.05) is 211 Å². The molecule has 0 aliphatic rings. The van der Waals surface area contributed by atoms with Gasteiger partial charge >= 0.3 is 0 Å². The Morgan fingerprint density at radius 1 is 0.460 bits per heavy atom. The molecule has 0 heterocycles. The van der Waals surface area contributed by atoms with Crippen LogP contribution in [0, 0.1) is 0 Å². The molecule has 0 rings (SSSR count). The van der Waals surface area contributed by atoms with E-state index in [9.17, 15) is 15.0 Å². The number of amides is 1. The van der Waals surface area contributed by atoms with Gasteiger partial charge in [-0.3, -0.25) is 4.79 Å². The van der Waals surface area contributed by atoms with Crippen LogP contribution in [0.2, 0.25) is 0 Å². The molecule has 2 unspecified atom stereocenters. The first-order valence-electron chi connectivity index (χ1n) is 22.2. The maximum atomic E-state index is 12.3. The zero-order chi connectivity index (χ0) is 36.4. The van der Waals surface area contributed by atoms with E-state index in [1.807, 2.05) is 6.08 Å². The van der Waals surface area contributed by atoms with Crippen molar-refractivity contribution in [2.75, 3.05) is 6.61 Å². The molecule has 294 valence electrons. The van der Waals surface area contributed by atoms with Crippen LogP contribution in [-0.4, -0.2) is 34.9 Å². The number of aliphatic hydroxyl groups excluding tert-OH is 2. The van der Waals surface area contributed by atoms with Crippen molar-refractivity contribution in [1.29, 1.82) is 0 Å². The second-order valence-electron chi connectivity index (χ2n) is 15.1. The summed E-state index contributed by atoms with van der Waals surface area (Å²) in [5.74, 6) is -0.0764. The number of carbonyl (C=O) groups is 1. The van der Waals surface area contributed by atoms with Crippen molar-refractivity contribution >= 4 is 5.91 Å². The predicted molar refractivity (Wildman–Crippen MR) is 221 cm³/mol. The van der Waals surface area contributed by atoms with Crippen LogP contribution in [0.15, 0.2) is 36.5 Å². The third kappa shape index (κ3) is 37.9. The lowest BCUT2D eigenvalue weighted by Crippen LogP contribution is -2.45. The summed E-state index contributed by atoms with van der Waals surface area (Å²) < 4.78 is 0. The van der Waals surface area contributed by atoms with Crippen molar-refractivity contribution in [1.82, 2.24) is 5.32 Å². The van der Waals surface area contributed by atoms with Crippen molar-refractivity contribution in [3.63, 3.8) is 0 Å². The quantitative estimate of drug-likeness (QED) is 0.0440. The van der Waals surface area contributed by atoms with E-state index in [1.165, 1.54) is 173 Å². The molecule has 4 nitrogen and oxygen atoms in total. The van der Waals surface area contributed by atoms with Gasteiger partial charge in [-0.05, 0) is 51.4 Å². The average Bonchev–Trinajstić information content (AvgIpc) is 3.12. The molecule has 0 bridgehead atoms. The summed E-state index contributed by atoms with van der Waals surface area (Å²) in [4.78, 5) is 12.3. The van der Waals surface area contributed by atoms with Crippen LogP contribution in [0.4, 0.5) is 0 Å². The minimum atomic E-state index is -0.856. The van der Waals surface area contributed by atoms with Crippen molar-refractivity contribution in [3.8, 4) is 0 Å². The van der Waals surface area contributed by atoms with Gasteiger partial charge in [-0.15, -0.1) is 0 Å². The molecule has 0 aromatic heterocycles. The van der Waals surface area contributed by atoms with Gasteiger partial charge in [-0.25, -0.2) is 0 Å². The molecule has 0 fully saturated rings. The lowest BCUT2D eigenvalue weighted by Gasteiger charge is -2.19. The Balaban J connectivity index is 3.38. The van der Waals surface area contributed by atoms with E-state index in [0.29, 0.717) is 6.42 Å². The zero-order valence-corrected chi connectivity index (χ0v) is 33.7. The zero-order valence-electron chi connectivity index (χ0n) is 33.7. The first-order chi connectivity index (χ1) is 24.7. The molecular weight excluding hydrogens is 615 g/mol. The van der Waals surface area contributed by atoms with Gasteiger partial charge in [0.15, 0.2) is 0 Å². The number of hydrogen-bond acceptors (Lipinski definition) is 3. The number of allylic oxidation sites excluding steroid dienone is 5. The Kier molecular flexibility index (Phi) is 40.9. The van der Waals surface area contributed by atoms with Gasteiger partial charge in [0.05, 0.1) is 18.8 Å². The highest BCUT2D eigenvalue weighted by Gasteiger charge is 2.17. The van der Waals surface area contributed by atoms with Crippen LogP contribution in [-0.2, 0) is 4.79 Å². The van der Waals surface area contributed by atoms with Gasteiger partial charge in [0.1, 0.15) is 0 Å². The van der Waals surface area contributed by atoms with Crippen molar-refractivity contribution in [3.05, 3.63) is 36.5 Å². The lowest BCUT2D eigenvalue weighted by atomic mass is 10.0. The van der Waals surface area contributed by atoms with E-state index in [0.717, 1.165) is 38.5 Å². The fourth-order valence-corrected chi connectivity index (χ4v) is 6.67. The van der Waals surface area contributed by atoms with E-state index in [2.05, 4.69) is 43.5 Å². The fraction of sp³-hybridized carbons (Fsp3) is 0.848. The first kappa shape index (κ1) is 48.6. The summed E-state index contributed by atoms with van der Waals surface area (Å²) >= 11 is 0. The number of rotatable bonds is 40. The summed E-state index contributed by atoms with van der Waals surface area (Å²) in [7, 11) is 0. The normalized spacial score (nSPS) is 13.3. The highest BCUT2D eigenvalue weighted by Crippen LogP contribution is 2.16. The lowest BCUT2D eigenvalue weighted by molar-refractivity contribution is -0.123. The Bertz CT molecular complexity index is 760. The van der Waals surface area contributed by atoms with E-state index in [4.69, 9.17) is 0 Å². The molecule has 0 aromatic carbocycles. The van der Waals surface area contributed by atoms with Gasteiger partial charge in [-0.2, -0.15) is 0 Å². The van der Waals surface area contributed by atoms with Crippen LogP contribution in [0.3, 0.4) is 0 Å². The average molecular weight is 702 g/mol. The second-order valence-corrected chi connectivity index (χ2v) is 15.1. The summed E-state index contributed by atoms with van der Waals surface area (Å²) in [6, 6.07) is -0.633. The molecule has 1 amide bonds. The standard InChI is InChI=1S/C46H87NO3/c1-3-5-7-9-11-12-13-14-15-16-17-18-19-20-21-22-23-24-25-26-27-28-29-30-31-32-33-34-36-38-40-42-46(50)47-44(43-48)45(49)41-39-37-35-10-8-6-4-2/h8,10,16-17,39,41,44-45,48-49H,3-7,9,11-15,18-38,40,42-43H2,1-2H3,(H,47,50)/b10-8+,17-16-,41-39+. The molecule has 0 aromatic rings. The minimum absolute atomic E-state index is 0.0764. The summed E-state index contributed by atoms with van der Waals surface area (Å²) in [6.07, 6.45) is 55.8. The van der Waals surface area contributed by atoms with Crippen molar-refractivity contribution in [2.24, 2.45) is 0 Å². The SMILES string of the molecule is CCC/C=C/CC/C=C/C(O)C(CO)NC(=O)CCCCCCCCCCCCCCCCCCCCC/C=C\CCCCCCCCCC. The molecule has 0 aliphatic heterocycles. The molecule has 0 aliphatic carbocycles. The van der Waals surface area contributed by atoms with Crippen molar-refractivity contribution in [2.45, 2.75) is 244 Å². The number of nitrogens with one attached hydrogen (secondary N) is 1. The van der Waals surface area contributed by atoms with Crippen molar-refractivity contribution < 1.29 is 15.0 Å². The van der Waals surface area contributed by atoms with Crippen LogP contribution < -0.4 is 5.32 Å². The largest absolute Gasteiger partial charge is 0.394 e. The van der Waals surface area contributed by atoms with Gasteiger partial charge in [0.2, 0.25) is 5.91 Å². The fourth-order valence-electron chi connectivity index (χ4n) is 6.67. The molecule has 0 saturated heterocycles. The number of carbonyl (C=O) groups excluding carboxylic acids is 1. The molecule has 0 spiro atoms. The third-order valence-electron chi connectivity index (χ3n) is 10.1.